The standard InChI is InChI=1S/C12H13ClN2OS/c1-3-15-6-9(5-14-15)4-10(16)12-11(13)8(2)7-17-12/h5-7H,3-4H2,1-2H3. The van der Waals surface area contributed by atoms with Crippen LogP contribution in [0.15, 0.2) is 17.8 Å². The van der Waals surface area contributed by atoms with Crippen molar-refractivity contribution in [2.75, 3.05) is 0 Å². The summed E-state index contributed by atoms with van der Waals surface area (Å²) in [5, 5.41) is 6.64. The molecule has 0 aliphatic rings. The summed E-state index contributed by atoms with van der Waals surface area (Å²) in [6.45, 7) is 4.73. The van der Waals surface area contributed by atoms with Gasteiger partial charge in [-0.25, -0.2) is 0 Å². The van der Waals surface area contributed by atoms with Gasteiger partial charge in [0.25, 0.3) is 0 Å². The van der Waals surface area contributed by atoms with E-state index < -0.39 is 0 Å². The first kappa shape index (κ1) is 12.3. The van der Waals surface area contributed by atoms with E-state index in [1.165, 1.54) is 11.3 Å². The summed E-state index contributed by atoms with van der Waals surface area (Å²) in [4.78, 5) is 12.7. The second-order valence-electron chi connectivity index (χ2n) is 3.87. The average molecular weight is 269 g/mol. The monoisotopic (exact) mass is 268 g/mol. The summed E-state index contributed by atoms with van der Waals surface area (Å²) >= 11 is 7.48. The lowest BCUT2D eigenvalue weighted by Crippen LogP contribution is -2.01. The predicted octanol–water partition coefficient (Wildman–Crippen LogP) is 3.35. The molecular formula is C12H13ClN2OS. The average Bonchev–Trinajstić information content (AvgIpc) is 2.88. The molecule has 0 spiro atoms. The third-order valence-electron chi connectivity index (χ3n) is 2.53. The van der Waals surface area contributed by atoms with Gasteiger partial charge in [0.1, 0.15) is 0 Å². The lowest BCUT2D eigenvalue weighted by molar-refractivity contribution is 0.0997. The smallest absolute Gasteiger partial charge is 0.178 e. The lowest BCUT2D eigenvalue weighted by Gasteiger charge is -1.97. The quantitative estimate of drug-likeness (QED) is 0.797. The molecule has 0 atom stereocenters. The molecule has 0 unspecified atom stereocenters. The van der Waals surface area contributed by atoms with Crippen LogP contribution in [0.1, 0.15) is 27.7 Å². The highest BCUT2D eigenvalue weighted by atomic mass is 35.5. The van der Waals surface area contributed by atoms with Crippen LogP contribution < -0.4 is 0 Å². The Kier molecular flexibility index (Phi) is 3.64. The van der Waals surface area contributed by atoms with Crippen molar-refractivity contribution in [3.05, 3.63) is 38.8 Å². The maximum atomic E-state index is 12.0. The number of hydrogen-bond donors (Lipinski definition) is 0. The highest BCUT2D eigenvalue weighted by molar-refractivity contribution is 7.13. The summed E-state index contributed by atoms with van der Waals surface area (Å²) in [5.74, 6) is 0.0590. The molecule has 0 amide bonds. The Hall–Kier alpha value is -1.13. The van der Waals surface area contributed by atoms with E-state index in [9.17, 15) is 4.79 Å². The molecule has 2 aromatic heterocycles. The number of halogens is 1. The van der Waals surface area contributed by atoms with Crippen molar-refractivity contribution < 1.29 is 4.79 Å². The number of rotatable bonds is 4. The highest BCUT2D eigenvalue weighted by Crippen LogP contribution is 2.28. The summed E-state index contributed by atoms with van der Waals surface area (Å²) in [6, 6.07) is 0. The zero-order valence-electron chi connectivity index (χ0n) is 9.74. The van der Waals surface area contributed by atoms with Crippen LogP contribution in [0, 0.1) is 6.92 Å². The number of ketones is 1. The van der Waals surface area contributed by atoms with E-state index in [4.69, 9.17) is 11.6 Å². The predicted molar refractivity (Wildman–Crippen MR) is 70.0 cm³/mol. The second-order valence-corrected chi connectivity index (χ2v) is 5.12. The molecule has 0 N–H and O–H groups in total. The first-order valence-electron chi connectivity index (χ1n) is 5.40. The lowest BCUT2D eigenvalue weighted by atomic mass is 10.1. The van der Waals surface area contributed by atoms with Crippen molar-refractivity contribution >= 4 is 28.7 Å². The van der Waals surface area contributed by atoms with Gasteiger partial charge in [-0.1, -0.05) is 11.6 Å². The van der Waals surface area contributed by atoms with E-state index in [1.54, 1.807) is 6.20 Å². The fraction of sp³-hybridized carbons (Fsp3) is 0.333. The van der Waals surface area contributed by atoms with Gasteiger partial charge in [-0.15, -0.1) is 11.3 Å². The Morgan fingerprint density at radius 2 is 2.35 bits per heavy atom. The molecule has 3 nitrogen and oxygen atoms in total. The summed E-state index contributed by atoms with van der Waals surface area (Å²) in [5.41, 5.74) is 1.89. The Bertz CT molecular complexity index is 544. The number of carbonyl (C=O) groups is 1. The Morgan fingerprint density at radius 3 is 2.88 bits per heavy atom. The van der Waals surface area contributed by atoms with Crippen LogP contribution in [0.2, 0.25) is 5.02 Å². The molecule has 0 fully saturated rings. The van der Waals surface area contributed by atoms with Gasteiger partial charge in [0, 0.05) is 19.2 Å². The number of hydrogen-bond acceptors (Lipinski definition) is 3. The Balaban J connectivity index is 2.14. The number of nitrogens with zero attached hydrogens (tertiary/aromatic N) is 2. The number of thiophene rings is 1. The Labute approximate surface area is 109 Å². The minimum absolute atomic E-state index is 0.0590. The van der Waals surface area contributed by atoms with E-state index in [1.807, 2.05) is 30.1 Å². The fourth-order valence-electron chi connectivity index (χ4n) is 1.55. The topological polar surface area (TPSA) is 34.9 Å². The van der Waals surface area contributed by atoms with Gasteiger partial charge < -0.3 is 0 Å². The van der Waals surface area contributed by atoms with E-state index in [-0.39, 0.29) is 5.78 Å². The third kappa shape index (κ3) is 2.58. The molecule has 2 heterocycles. The molecule has 0 saturated heterocycles. The number of aryl methyl sites for hydroxylation is 2. The molecule has 0 saturated carbocycles. The molecule has 90 valence electrons. The molecular weight excluding hydrogens is 256 g/mol. The third-order valence-corrected chi connectivity index (χ3v) is 4.27. The van der Waals surface area contributed by atoms with Crippen LogP contribution in [0.5, 0.6) is 0 Å². The van der Waals surface area contributed by atoms with Crippen LogP contribution in [0.4, 0.5) is 0 Å². The summed E-state index contributed by atoms with van der Waals surface area (Å²) < 4.78 is 1.81. The minimum Gasteiger partial charge on any atom is -0.293 e. The van der Waals surface area contributed by atoms with Gasteiger partial charge in [-0.3, -0.25) is 9.48 Å². The molecule has 17 heavy (non-hydrogen) atoms. The van der Waals surface area contributed by atoms with Gasteiger partial charge in [0.2, 0.25) is 0 Å². The Morgan fingerprint density at radius 1 is 1.59 bits per heavy atom. The molecule has 0 radical (unpaired) electrons. The maximum absolute atomic E-state index is 12.0. The zero-order valence-corrected chi connectivity index (χ0v) is 11.3. The molecule has 0 aromatic carbocycles. The van der Waals surface area contributed by atoms with E-state index in [0.29, 0.717) is 16.3 Å². The highest BCUT2D eigenvalue weighted by Gasteiger charge is 2.15. The van der Waals surface area contributed by atoms with Crippen LogP contribution in [0.3, 0.4) is 0 Å². The maximum Gasteiger partial charge on any atom is 0.178 e. The number of aromatic nitrogens is 2. The van der Waals surface area contributed by atoms with Crippen LogP contribution >= 0.6 is 22.9 Å². The first-order valence-corrected chi connectivity index (χ1v) is 6.65. The number of carbonyl (C=O) groups excluding carboxylic acids is 1. The largest absolute Gasteiger partial charge is 0.293 e. The fourth-order valence-corrected chi connectivity index (χ4v) is 2.79. The molecule has 5 heteroatoms. The van der Waals surface area contributed by atoms with Crippen LogP contribution in [-0.4, -0.2) is 15.6 Å². The van der Waals surface area contributed by atoms with Gasteiger partial charge >= 0.3 is 0 Å². The molecule has 2 aromatic rings. The normalized spacial score (nSPS) is 10.8. The zero-order chi connectivity index (χ0) is 12.4. The van der Waals surface area contributed by atoms with Crippen molar-refractivity contribution in [2.45, 2.75) is 26.8 Å². The SMILES string of the molecule is CCn1cc(CC(=O)c2scc(C)c2Cl)cn1. The van der Waals surface area contributed by atoms with Crippen molar-refractivity contribution in [3.63, 3.8) is 0 Å². The molecule has 0 bridgehead atoms. The summed E-state index contributed by atoms with van der Waals surface area (Å²) in [7, 11) is 0. The van der Waals surface area contributed by atoms with E-state index >= 15 is 0 Å². The van der Waals surface area contributed by atoms with Crippen molar-refractivity contribution in [2.24, 2.45) is 0 Å². The van der Waals surface area contributed by atoms with E-state index in [0.717, 1.165) is 17.7 Å². The molecule has 2 rings (SSSR count). The van der Waals surface area contributed by atoms with E-state index in [2.05, 4.69) is 5.10 Å². The van der Waals surface area contributed by atoms with Crippen molar-refractivity contribution in [1.29, 1.82) is 0 Å². The molecule has 0 aliphatic carbocycles. The van der Waals surface area contributed by atoms with Crippen molar-refractivity contribution in [3.8, 4) is 0 Å². The molecule has 0 aliphatic heterocycles. The van der Waals surface area contributed by atoms with Gasteiger partial charge in [0.15, 0.2) is 5.78 Å². The second kappa shape index (κ2) is 5.02. The van der Waals surface area contributed by atoms with Gasteiger partial charge in [-0.05, 0) is 30.4 Å². The number of Topliss-reactive ketones (excluding diaryl/α,β-unsaturated/α-hetero) is 1. The first-order chi connectivity index (χ1) is 8.11. The summed E-state index contributed by atoms with van der Waals surface area (Å²) in [6.07, 6.45) is 3.99. The van der Waals surface area contributed by atoms with Crippen molar-refractivity contribution in [1.82, 2.24) is 9.78 Å². The van der Waals surface area contributed by atoms with Crippen LogP contribution in [-0.2, 0) is 13.0 Å². The minimum atomic E-state index is 0.0590. The van der Waals surface area contributed by atoms with Gasteiger partial charge in [0.05, 0.1) is 16.1 Å². The van der Waals surface area contributed by atoms with Gasteiger partial charge in [-0.2, -0.15) is 5.10 Å². The van der Waals surface area contributed by atoms with Crippen LogP contribution in [0.25, 0.3) is 0 Å².